The average molecular weight is 197 g/mol. The smallest absolute Gasteiger partial charge is 0.123 e. The standard InChI is InChI=1S/C11H16FNO/c1-2-13-11(8-14)7-9-3-5-10(12)6-4-9/h3-6,11,13-14H,2,7-8H2,1H3. The topological polar surface area (TPSA) is 32.3 Å². The van der Waals surface area contributed by atoms with Crippen LogP contribution >= 0.6 is 0 Å². The fourth-order valence-electron chi connectivity index (χ4n) is 1.39. The van der Waals surface area contributed by atoms with Gasteiger partial charge in [-0.25, -0.2) is 4.39 Å². The van der Waals surface area contributed by atoms with E-state index in [9.17, 15) is 4.39 Å². The molecule has 0 fully saturated rings. The van der Waals surface area contributed by atoms with Crippen molar-refractivity contribution in [2.45, 2.75) is 19.4 Å². The molecule has 2 N–H and O–H groups in total. The van der Waals surface area contributed by atoms with Gasteiger partial charge in [-0.1, -0.05) is 19.1 Å². The van der Waals surface area contributed by atoms with Crippen molar-refractivity contribution in [2.24, 2.45) is 0 Å². The molecule has 0 saturated heterocycles. The Morgan fingerprint density at radius 3 is 2.50 bits per heavy atom. The zero-order valence-electron chi connectivity index (χ0n) is 8.33. The van der Waals surface area contributed by atoms with E-state index in [1.807, 2.05) is 6.92 Å². The number of aliphatic hydroxyl groups is 1. The molecule has 0 aliphatic rings. The lowest BCUT2D eigenvalue weighted by Gasteiger charge is -2.14. The summed E-state index contributed by atoms with van der Waals surface area (Å²) in [6.07, 6.45) is 0.727. The van der Waals surface area contributed by atoms with Crippen molar-refractivity contribution in [2.75, 3.05) is 13.2 Å². The molecule has 0 aromatic heterocycles. The molecule has 0 spiro atoms. The van der Waals surface area contributed by atoms with Crippen LogP contribution in [-0.4, -0.2) is 24.3 Å². The Balaban J connectivity index is 2.53. The second kappa shape index (κ2) is 5.73. The van der Waals surface area contributed by atoms with E-state index in [2.05, 4.69) is 5.32 Å². The van der Waals surface area contributed by atoms with Crippen molar-refractivity contribution >= 4 is 0 Å². The van der Waals surface area contributed by atoms with Gasteiger partial charge in [-0.3, -0.25) is 0 Å². The molecule has 78 valence electrons. The van der Waals surface area contributed by atoms with Crippen molar-refractivity contribution < 1.29 is 9.50 Å². The van der Waals surface area contributed by atoms with Crippen LogP contribution in [0.5, 0.6) is 0 Å². The molecule has 14 heavy (non-hydrogen) atoms. The Kier molecular flexibility index (Phi) is 4.56. The summed E-state index contributed by atoms with van der Waals surface area (Å²) in [5.74, 6) is -0.224. The van der Waals surface area contributed by atoms with Crippen LogP contribution in [0.25, 0.3) is 0 Å². The number of halogens is 1. The number of nitrogens with one attached hydrogen (secondary N) is 1. The molecule has 0 aliphatic heterocycles. The van der Waals surface area contributed by atoms with E-state index < -0.39 is 0 Å². The minimum absolute atomic E-state index is 0.0606. The first-order valence-electron chi connectivity index (χ1n) is 4.85. The molecule has 2 nitrogen and oxygen atoms in total. The van der Waals surface area contributed by atoms with Gasteiger partial charge in [0, 0.05) is 6.04 Å². The van der Waals surface area contributed by atoms with Crippen molar-refractivity contribution in [1.82, 2.24) is 5.32 Å². The number of likely N-dealkylation sites (N-methyl/N-ethyl adjacent to an activating group) is 1. The first-order valence-corrected chi connectivity index (χ1v) is 4.85. The highest BCUT2D eigenvalue weighted by Crippen LogP contribution is 2.05. The van der Waals surface area contributed by atoms with Gasteiger partial charge in [0.15, 0.2) is 0 Å². The van der Waals surface area contributed by atoms with Crippen LogP contribution in [0.15, 0.2) is 24.3 Å². The third kappa shape index (κ3) is 3.44. The predicted octanol–water partition coefficient (Wildman–Crippen LogP) is 1.34. The van der Waals surface area contributed by atoms with E-state index in [1.165, 1.54) is 12.1 Å². The van der Waals surface area contributed by atoms with E-state index in [1.54, 1.807) is 12.1 Å². The summed E-state index contributed by atoms with van der Waals surface area (Å²) >= 11 is 0. The first kappa shape index (κ1) is 11.1. The van der Waals surface area contributed by atoms with E-state index in [4.69, 9.17) is 5.11 Å². The lowest BCUT2D eigenvalue weighted by Crippen LogP contribution is -2.34. The highest BCUT2D eigenvalue weighted by Gasteiger charge is 2.06. The van der Waals surface area contributed by atoms with Crippen LogP contribution in [0.1, 0.15) is 12.5 Å². The van der Waals surface area contributed by atoms with Gasteiger partial charge >= 0.3 is 0 Å². The molecule has 1 rings (SSSR count). The molecular weight excluding hydrogens is 181 g/mol. The number of benzene rings is 1. The highest BCUT2D eigenvalue weighted by atomic mass is 19.1. The fourth-order valence-corrected chi connectivity index (χ4v) is 1.39. The summed E-state index contributed by atoms with van der Waals surface area (Å²) in [5.41, 5.74) is 1.03. The van der Waals surface area contributed by atoms with Crippen LogP contribution in [0.3, 0.4) is 0 Å². The van der Waals surface area contributed by atoms with Gasteiger partial charge in [0.1, 0.15) is 5.82 Å². The quantitative estimate of drug-likeness (QED) is 0.746. The van der Waals surface area contributed by atoms with Gasteiger partial charge in [0.2, 0.25) is 0 Å². The van der Waals surface area contributed by atoms with Crippen LogP contribution in [0.2, 0.25) is 0 Å². The van der Waals surface area contributed by atoms with Crippen LogP contribution < -0.4 is 5.32 Å². The average Bonchev–Trinajstić information content (AvgIpc) is 2.20. The zero-order chi connectivity index (χ0) is 10.4. The summed E-state index contributed by atoms with van der Waals surface area (Å²) in [6, 6.07) is 6.43. The maximum atomic E-state index is 12.6. The molecule has 0 aliphatic carbocycles. The van der Waals surface area contributed by atoms with Crippen molar-refractivity contribution in [3.05, 3.63) is 35.6 Å². The molecule has 1 aromatic rings. The van der Waals surface area contributed by atoms with Crippen LogP contribution in [0, 0.1) is 5.82 Å². The van der Waals surface area contributed by atoms with Crippen molar-refractivity contribution in [1.29, 1.82) is 0 Å². The maximum Gasteiger partial charge on any atom is 0.123 e. The molecule has 1 aromatic carbocycles. The Labute approximate surface area is 83.8 Å². The van der Waals surface area contributed by atoms with Gasteiger partial charge in [0.25, 0.3) is 0 Å². The molecule has 1 unspecified atom stereocenters. The van der Waals surface area contributed by atoms with Gasteiger partial charge in [0.05, 0.1) is 6.61 Å². The Morgan fingerprint density at radius 2 is 2.00 bits per heavy atom. The van der Waals surface area contributed by atoms with Crippen LogP contribution in [0.4, 0.5) is 4.39 Å². The molecule has 0 saturated carbocycles. The van der Waals surface area contributed by atoms with E-state index in [-0.39, 0.29) is 18.5 Å². The first-order chi connectivity index (χ1) is 6.76. The van der Waals surface area contributed by atoms with Crippen LogP contribution in [-0.2, 0) is 6.42 Å². The number of aliphatic hydroxyl groups excluding tert-OH is 1. The van der Waals surface area contributed by atoms with Gasteiger partial charge < -0.3 is 10.4 Å². The number of hydrogen-bond acceptors (Lipinski definition) is 2. The SMILES string of the molecule is CCNC(CO)Cc1ccc(F)cc1. The third-order valence-corrected chi connectivity index (χ3v) is 2.11. The third-order valence-electron chi connectivity index (χ3n) is 2.11. The molecule has 0 radical (unpaired) electrons. The minimum Gasteiger partial charge on any atom is -0.395 e. The molecule has 0 amide bonds. The number of rotatable bonds is 5. The summed E-state index contributed by atoms with van der Waals surface area (Å²) in [6.45, 7) is 2.92. The maximum absolute atomic E-state index is 12.6. The van der Waals surface area contributed by atoms with Gasteiger partial charge in [-0.05, 0) is 30.7 Å². The predicted molar refractivity (Wildman–Crippen MR) is 54.7 cm³/mol. The largest absolute Gasteiger partial charge is 0.395 e. The minimum atomic E-state index is -0.224. The molecular formula is C11H16FNO. The highest BCUT2D eigenvalue weighted by molar-refractivity contribution is 5.17. The Morgan fingerprint density at radius 1 is 1.36 bits per heavy atom. The monoisotopic (exact) mass is 197 g/mol. The van der Waals surface area contributed by atoms with E-state index in [0.29, 0.717) is 0 Å². The van der Waals surface area contributed by atoms with Gasteiger partial charge in [-0.2, -0.15) is 0 Å². The normalized spacial score (nSPS) is 12.8. The fraction of sp³-hybridized carbons (Fsp3) is 0.455. The summed E-state index contributed by atoms with van der Waals surface area (Å²) in [4.78, 5) is 0. The molecule has 0 heterocycles. The van der Waals surface area contributed by atoms with Crippen molar-refractivity contribution in [3.8, 4) is 0 Å². The Bertz CT molecular complexity index is 260. The molecule has 0 bridgehead atoms. The lowest BCUT2D eigenvalue weighted by molar-refractivity contribution is 0.243. The van der Waals surface area contributed by atoms with E-state index in [0.717, 1.165) is 18.5 Å². The molecule has 1 atom stereocenters. The zero-order valence-corrected chi connectivity index (χ0v) is 8.33. The number of hydrogen-bond donors (Lipinski definition) is 2. The van der Waals surface area contributed by atoms with Crippen molar-refractivity contribution in [3.63, 3.8) is 0 Å². The second-order valence-electron chi connectivity index (χ2n) is 3.27. The molecule has 3 heteroatoms. The summed E-state index contributed by atoms with van der Waals surface area (Å²) in [7, 11) is 0. The summed E-state index contributed by atoms with van der Waals surface area (Å²) < 4.78 is 12.6. The van der Waals surface area contributed by atoms with E-state index >= 15 is 0 Å². The van der Waals surface area contributed by atoms with Gasteiger partial charge in [-0.15, -0.1) is 0 Å². The summed E-state index contributed by atoms with van der Waals surface area (Å²) in [5, 5.41) is 12.2. The lowest BCUT2D eigenvalue weighted by atomic mass is 10.1. The second-order valence-corrected chi connectivity index (χ2v) is 3.27. The Hall–Kier alpha value is -0.930.